The van der Waals surface area contributed by atoms with Crippen molar-refractivity contribution in [3.8, 4) is 0 Å². The largest absolute Gasteiger partial charge is 0.369 e. The molecule has 0 amide bonds. The van der Waals surface area contributed by atoms with Gasteiger partial charge in [-0.25, -0.2) is 0 Å². The van der Waals surface area contributed by atoms with Crippen LogP contribution in [0.1, 0.15) is 26.7 Å². The number of para-hydroxylation sites is 1. The Hall–Kier alpha value is -1.61. The minimum Gasteiger partial charge on any atom is -0.369 e. The molecule has 20 heavy (non-hydrogen) atoms. The van der Waals surface area contributed by atoms with Crippen molar-refractivity contribution in [1.29, 1.82) is 0 Å². The highest BCUT2D eigenvalue weighted by Crippen LogP contribution is 2.23. The standard InChI is InChI=1S/C17H23N3/c1-13(2)19-15-7-5-9-20(12-15)16-10-14-6-3-4-8-17(14)18-11-16/h3-4,6,8,10-11,13,15,19H,5,7,9,12H2,1-2H3. The Balaban J connectivity index is 1.79. The van der Waals surface area contributed by atoms with Gasteiger partial charge in [0.15, 0.2) is 0 Å². The van der Waals surface area contributed by atoms with E-state index in [1.165, 1.54) is 23.9 Å². The van der Waals surface area contributed by atoms with Gasteiger partial charge in [0.05, 0.1) is 17.4 Å². The van der Waals surface area contributed by atoms with Crippen LogP contribution in [0.3, 0.4) is 0 Å². The normalized spacial score (nSPS) is 19.8. The van der Waals surface area contributed by atoms with Gasteiger partial charge >= 0.3 is 0 Å². The second-order valence-electron chi connectivity index (χ2n) is 5.99. The molecular formula is C17H23N3. The van der Waals surface area contributed by atoms with Crippen molar-refractivity contribution in [3.05, 3.63) is 36.5 Å². The minimum absolute atomic E-state index is 0.551. The number of nitrogens with zero attached hydrogens (tertiary/aromatic N) is 2. The molecule has 1 aromatic carbocycles. The molecule has 3 nitrogen and oxygen atoms in total. The summed E-state index contributed by atoms with van der Waals surface area (Å²) >= 11 is 0. The number of anilines is 1. The van der Waals surface area contributed by atoms with Gasteiger partial charge in [-0.05, 0) is 25.0 Å². The van der Waals surface area contributed by atoms with E-state index >= 15 is 0 Å². The highest BCUT2D eigenvalue weighted by atomic mass is 15.2. The Morgan fingerprint density at radius 2 is 2.15 bits per heavy atom. The maximum atomic E-state index is 4.58. The smallest absolute Gasteiger partial charge is 0.0703 e. The lowest BCUT2D eigenvalue weighted by Gasteiger charge is -2.35. The van der Waals surface area contributed by atoms with Gasteiger partial charge in [0.25, 0.3) is 0 Å². The number of aromatic nitrogens is 1. The average molecular weight is 269 g/mol. The SMILES string of the molecule is CC(C)NC1CCCN(c2cnc3ccccc3c2)C1. The van der Waals surface area contributed by atoms with Crippen molar-refractivity contribution < 1.29 is 0 Å². The summed E-state index contributed by atoms with van der Waals surface area (Å²) < 4.78 is 0. The first-order valence-corrected chi connectivity index (χ1v) is 7.58. The fourth-order valence-corrected chi connectivity index (χ4v) is 3.05. The zero-order valence-corrected chi connectivity index (χ0v) is 12.3. The molecule has 106 valence electrons. The van der Waals surface area contributed by atoms with Gasteiger partial charge < -0.3 is 10.2 Å². The van der Waals surface area contributed by atoms with Crippen molar-refractivity contribution in [2.24, 2.45) is 0 Å². The minimum atomic E-state index is 0.551. The molecule has 1 unspecified atom stereocenters. The predicted octanol–water partition coefficient (Wildman–Crippen LogP) is 3.20. The summed E-state index contributed by atoms with van der Waals surface area (Å²) in [6.45, 7) is 6.65. The lowest BCUT2D eigenvalue weighted by molar-refractivity contribution is 0.394. The summed E-state index contributed by atoms with van der Waals surface area (Å²) in [6.07, 6.45) is 4.53. The number of benzene rings is 1. The number of hydrogen-bond acceptors (Lipinski definition) is 3. The Morgan fingerprint density at radius 3 is 3.00 bits per heavy atom. The van der Waals surface area contributed by atoms with Crippen LogP contribution in [0.25, 0.3) is 10.9 Å². The summed E-state index contributed by atoms with van der Waals surface area (Å²) in [7, 11) is 0. The molecule has 1 N–H and O–H groups in total. The van der Waals surface area contributed by atoms with E-state index < -0.39 is 0 Å². The second-order valence-corrected chi connectivity index (χ2v) is 5.99. The van der Waals surface area contributed by atoms with Crippen LogP contribution in [0.15, 0.2) is 36.5 Å². The summed E-state index contributed by atoms with van der Waals surface area (Å²) in [5.74, 6) is 0. The Labute approximate surface area is 121 Å². The number of piperidine rings is 1. The van der Waals surface area contributed by atoms with E-state index in [0.717, 1.165) is 18.6 Å². The number of fused-ring (bicyclic) bond motifs is 1. The fourth-order valence-electron chi connectivity index (χ4n) is 3.05. The first-order valence-electron chi connectivity index (χ1n) is 7.58. The van der Waals surface area contributed by atoms with Crippen LogP contribution in [-0.4, -0.2) is 30.2 Å². The molecule has 0 radical (unpaired) electrons. The van der Waals surface area contributed by atoms with Crippen molar-refractivity contribution in [2.45, 2.75) is 38.8 Å². The van der Waals surface area contributed by atoms with Gasteiger partial charge in [0.1, 0.15) is 0 Å². The summed E-state index contributed by atoms with van der Waals surface area (Å²) in [4.78, 5) is 7.04. The van der Waals surface area contributed by atoms with E-state index in [0.29, 0.717) is 12.1 Å². The zero-order chi connectivity index (χ0) is 13.9. The highest BCUT2D eigenvalue weighted by Gasteiger charge is 2.20. The molecule has 1 aliphatic heterocycles. The summed E-state index contributed by atoms with van der Waals surface area (Å²) in [5, 5.41) is 4.88. The van der Waals surface area contributed by atoms with Crippen LogP contribution in [0.5, 0.6) is 0 Å². The van der Waals surface area contributed by atoms with Crippen molar-refractivity contribution in [2.75, 3.05) is 18.0 Å². The maximum absolute atomic E-state index is 4.58. The Morgan fingerprint density at radius 1 is 1.30 bits per heavy atom. The quantitative estimate of drug-likeness (QED) is 0.927. The molecule has 2 heterocycles. The van der Waals surface area contributed by atoms with E-state index in [1.807, 2.05) is 12.3 Å². The molecule has 0 aliphatic carbocycles. The molecule has 3 rings (SSSR count). The van der Waals surface area contributed by atoms with E-state index in [4.69, 9.17) is 0 Å². The van der Waals surface area contributed by atoms with E-state index in [9.17, 15) is 0 Å². The van der Waals surface area contributed by atoms with E-state index in [2.05, 4.69) is 53.3 Å². The van der Waals surface area contributed by atoms with Crippen LogP contribution in [-0.2, 0) is 0 Å². The molecule has 0 spiro atoms. The maximum Gasteiger partial charge on any atom is 0.0703 e. The zero-order valence-electron chi connectivity index (χ0n) is 12.3. The lowest BCUT2D eigenvalue weighted by Crippen LogP contribution is -2.47. The Kier molecular flexibility index (Phi) is 3.88. The lowest BCUT2D eigenvalue weighted by atomic mass is 10.0. The Bertz CT molecular complexity index is 579. The third-order valence-electron chi connectivity index (χ3n) is 3.93. The van der Waals surface area contributed by atoms with Crippen LogP contribution in [0, 0.1) is 0 Å². The molecule has 1 fully saturated rings. The molecule has 1 aliphatic rings. The predicted molar refractivity (Wildman–Crippen MR) is 85.2 cm³/mol. The van der Waals surface area contributed by atoms with Crippen molar-refractivity contribution in [3.63, 3.8) is 0 Å². The molecular weight excluding hydrogens is 246 g/mol. The second kappa shape index (κ2) is 5.80. The van der Waals surface area contributed by atoms with E-state index in [1.54, 1.807) is 0 Å². The van der Waals surface area contributed by atoms with Gasteiger partial charge in [-0.2, -0.15) is 0 Å². The molecule has 1 aromatic heterocycles. The molecule has 2 aromatic rings. The first-order chi connectivity index (χ1) is 9.72. The van der Waals surface area contributed by atoms with Crippen LogP contribution in [0.2, 0.25) is 0 Å². The van der Waals surface area contributed by atoms with Crippen LogP contribution < -0.4 is 10.2 Å². The van der Waals surface area contributed by atoms with E-state index in [-0.39, 0.29) is 0 Å². The first kappa shape index (κ1) is 13.4. The number of hydrogen-bond donors (Lipinski definition) is 1. The topological polar surface area (TPSA) is 28.2 Å². The summed E-state index contributed by atoms with van der Waals surface area (Å²) in [5.41, 5.74) is 2.32. The monoisotopic (exact) mass is 269 g/mol. The van der Waals surface area contributed by atoms with Crippen molar-refractivity contribution >= 4 is 16.6 Å². The number of nitrogens with one attached hydrogen (secondary N) is 1. The molecule has 3 heteroatoms. The van der Waals surface area contributed by atoms with Gasteiger partial charge in [0, 0.05) is 30.6 Å². The van der Waals surface area contributed by atoms with Crippen LogP contribution in [0.4, 0.5) is 5.69 Å². The molecule has 1 saturated heterocycles. The number of pyridine rings is 1. The summed E-state index contributed by atoms with van der Waals surface area (Å²) in [6, 6.07) is 11.7. The molecule has 0 saturated carbocycles. The average Bonchev–Trinajstić information content (AvgIpc) is 2.46. The third-order valence-corrected chi connectivity index (χ3v) is 3.93. The highest BCUT2D eigenvalue weighted by molar-refractivity contribution is 5.81. The van der Waals surface area contributed by atoms with Gasteiger partial charge in [-0.1, -0.05) is 32.0 Å². The molecule has 0 bridgehead atoms. The third kappa shape index (κ3) is 2.93. The fraction of sp³-hybridized carbons (Fsp3) is 0.471. The number of rotatable bonds is 3. The van der Waals surface area contributed by atoms with Crippen LogP contribution >= 0.6 is 0 Å². The van der Waals surface area contributed by atoms with Gasteiger partial charge in [-0.3, -0.25) is 4.98 Å². The van der Waals surface area contributed by atoms with Crippen molar-refractivity contribution in [1.82, 2.24) is 10.3 Å². The molecule has 1 atom stereocenters. The van der Waals surface area contributed by atoms with Gasteiger partial charge in [0.2, 0.25) is 0 Å². The van der Waals surface area contributed by atoms with Gasteiger partial charge in [-0.15, -0.1) is 0 Å².